The number of nitriles is 1. The Balaban J connectivity index is 2.04. The smallest absolute Gasteiger partial charge is 0.263 e. The molecule has 0 spiro atoms. The highest BCUT2D eigenvalue weighted by Crippen LogP contribution is 2.19. The summed E-state index contributed by atoms with van der Waals surface area (Å²) in [6, 6.07) is 12.5. The quantitative estimate of drug-likeness (QED) is 0.776. The van der Waals surface area contributed by atoms with E-state index in [0.29, 0.717) is 29.6 Å². The molecule has 23 heavy (non-hydrogen) atoms. The molecular weight excluding hydrogens is 316 g/mol. The summed E-state index contributed by atoms with van der Waals surface area (Å²) in [4.78, 5) is 14.1. The van der Waals surface area contributed by atoms with Gasteiger partial charge in [0.2, 0.25) is 0 Å². The van der Waals surface area contributed by atoms with Crippen LogP contribution in [0.5, 0.6) is 5.75 Å². The Bertz CT molecular complexity index is 679. The average Bonchev–Trinajstić information content (AvgIpc) is 3.03. The van der Waals surface area contributed by atoms with E-state index in [2.05, 4.69) is 0 Å². The van der Waals surface area contributed by atoms with E-state index < -0.39 is 6.10 Å². The van der Waals surface area contributed by atoms with E-state index in [0.717, 1.165) is 0 Å². The van der Waals surface area contributed by atoms with Gasteiger partial charge in [-0.25, -0.2) is 0 Å². The Kier molecular flexibility index (Phi) is 6.07. The van der Waals surface area contributed by atoms with Crippen LogP contribution in [0.25, 0.3) is 0 Å². The number of amides is 1. The van der Waals surface area contributed by atoms with Crippen LogP contribution in [0.1, 0.15) is 19.1 Å². The van der Waals surface area contributed by atoms with Crippen LogP contribution in [0, 0.1) is 11.3 Å². The fourth-order valence-corrected chi connectivity index (χ4v) is 2.28. The Morgan fingerprint density at radius 2 is 2.26 bits per heavy atom. The van der Waals surface area contributed by atoms with Gasteiger partial charge < -0.3 is 14.1 Å². The minimum absolute atomic E-state index is 0.211. The lowest BCUT2D eigenvalue weighted by Gasteiger charge is -2.24. The van der Waals surface area contributed by atoms with Crippen molar-refractivity contribution in [1.82, 2.24) is 4.90 Å². The molecule has 0 saturated heterocycles. The lowest BCUT2D eigenvalue weighted by molar-refractivity contribution is -0.138. The zero-order valence-corrected chi connectivity index (χ0v) is 13.5. The molecule has 0 aliphatic rings. The first-order valence-electron chi connectivity index (χ1n) is 7.20. The molecule has 120 valence electrons. The maximum atomic E-state index is 12.6. The van der Waals surface area contributed by atoms with Crippen LogP contribution in [-0.2, 0) is 11.3 Å². The van der Waals surface area contributed by atoms with Crippen molar-refractivity contribution >= 4 is 17.5 Å². The first kappa shape index (κ1) is 16.9. The van der Waals surface area contributed by atoms with E-state index in [-0.39, 0.29) is 12.3 Å². The number of halogens is 1. The summed E-state index contributed by atoms with van der Waals surface area (Å²) in [7, 11) is 0. The Morgan fingerprint density at radius 3 is 2.91 bits per heavy atom. The number of carbonyl (C=O) groups excluding carboxylic acids is 1. The van der Waals surface area contributed by atoms with Gasteiger partial charge in [-0.15, -0.1) is 0 Å². The van der Waals surface area contributed by atoms with Crippen molar-refractivity contribution < 1.29 is 13.9 Å². The van der Waals surface area contributed by atoms with Gasteiger partial charge in [-0.2, -0.15) is 5.26 Å². The van der Waals surface area contributed by atoms with E-state index in [1.54, 1.807) is 54.5 Å². The first-order valence-corrected chi connectivity index (χ1v) is 7.58. The van der Waals surface area contributed by atoms with Gasteiger partial charge in [-0.1, -0.05) is 17.7 Å². The second-order valence-corrected chi connectivity index (χ2v) is 5.40. The highest BCUT2D eigenvalue weighted by Gasteiger charge is 2.23. The summed E-state index contributed by atoms with van der Waals surface area (Å²) in [5.74, 6) is 0.972. The molecule has 1 aromatic heterocycles. The predicted molar refractivity (Wildman–Crippen MR) is 85.9 cm³/mol. The Morgan fingerprint density at radius 1 is 1.43 bits per heavy atom. The van der Waals surface area contributed by atoms with Crippen molar-refractivity contribution in [2.75, 3.05) is 6.54 Å². The van der Waals surface area contributed by atoms with E-state index in [1.807, 2.05) is 6.07 Å². The van der Waals surface area contributed by atoms with Gasteiger partial charge >= 0.3 is 0 Å². The van der Waals surface area contributed by atoms with Crippen molar-refractivity contribution in [3.8, 4) is 11.8 Å². The molecule has 2 aromatic rings. The summed E-state index contributed by atoms with van der Waals surface area (Å²) in [6.07, 6.45) is 1.10. The zero-order valence-electron chi connectivity index (χ0n) is 12.7. The van der Waals surface area contributed by atoms with Gasteiger partial charge in [0.1, 0.15) is 11.5 Å². The minimum atomic E-state index is -0.692. The second kappa shape index (κ2) is 8.25. The largest absolute Gasteiger partial charge is 0.481 e. The van der Waals surface area contributed by atoms with Gasteiger partial charge in [0.15, 0.2) is 6.10 Å². The lowest BCUT2D eigenvalue weighted by Crippen LogP contribution is -2.40. The van der Waals surface area contributed by atoms with E-state index in [4.69, 9.17) is 26.0 Å². The number of furan rings is 1. The lowest BCUT2D eigenvalue weighted by atomic mass is 10.2. The van der Waals surface area contributed by atoms with E-state index in [1.165, 1.54) is 0 Å². The van der Waals surface area contributed by atoms with Crippen molar-refractivity contribution in [2.24, 2.45) is 0 Å². The number of carbonyl (C=O) groups is 1. The molecule has 0 bridgehead atoms. The Labute approximate surface area is 140 Å². The van der Waals surface area contributed by atoms with Gasteiger partial charge in [-0.05, 0) is 37.3 Å². The monoisotopic (exact) mass is 332 g/mol. The summed E-state index contributed by atoms with van der Waals surface area (Å²) >= 11 is 5.91. The van der Waals surface area contributed by atoms with Crippen LogP contribution in [0.15, 0.2) is 47.1 Å². The normalized spacial score (nSPS) is 11.5. The number of benzene rings is 1. The molecule has 0 N–H and O–H groups in total. The maximum Gasteiger partial charge on any atom is 0.263 e. The van der Waals surface area contributed by atoms with Crippen LogP contribution >= 0.6 is 11.6 Å². The van der Waals surface area contributed by atoms with Crippen molar-refractivity contribution in [3.63, 3.8) is 0 Å². The summed E-state index contributed by atoms with van der Waals surface area (Å²) in [6.45, 7) is 2.29. The van der Waals surface area contributed by atoms with Gasteiger partial charge in [0.05, 0.1) is 25.3 Å². The topological polar surface area (TPSA) is 66.5 Å². The average molecular weight is 333 g/mol. The molecule has 0 fully saturated rings. The molecule has 1 heterocycles. The van der Waals surface area contributed by atoms with Crippen molar-refractivity contribution in [2.45, 2.75) is 26.0 Å². The number of hydrogen-bond donors (Lipinski definition) is 0. The van der Waals surface area contributed by atoms with Gasteiger partial charge in [-0.3, -0.25) is 4.79 Å². The van der Waals surface area contributed by atoms with E-state index in [9.17, 15) is 4.79 Å². The maximum absolute atomic E-state index is 12.6. The summed E-state index contributed by atoms with van der Waals surface area (Å²) < 4.78 is 10.9. The SMILES string of the molecule is CC(Oc1cccc(Cl)c1)C(=O)N(CCC#N)Cc1ccco1. The fourth-order valence-electron chi connectivity index (χ4n) is 2.09. The summed E-state index contributed by atoms with van der Waals surface area (Å²) in [5.41, 5.74) is 0. The van der Waals surface area contributed by atoms with Crippen molar-refractivity contribution in [1.29, 1.82) is 5.26 Å². The van der Waals surface area contributed by atoms with Gasteiger partial charge in [0, 0.05) is 11.6 Å². The first-order chi connectivity index (χ1) is 11.1. The fraction of sp³-hybridized carbons (Fsp3) is 0.294. The number of ether oxygens (including phenoxy) is 1. The van der Waals surface area contributed by atoms with E-state index >= 15 is 0 Å². The third-order valence-electron chi connectivity index (χ3n) is 3.19. The highest BCUT2D eigenvalue weighted by atomic mass is 35.5. The van der Waals surface area contributed by atoms with Crippen molar-refractivity contribution in [3.05, 3.63) is 53.4 Å². The third-order valence-corrected chi connectivity index (χ3v) is 3.42. The molecule has 2 rings (SSSR count). The molecule has 1 atom stereocenters. The minimum Gasteiger partial charge on any atom is -0.481 e. The molecule has 1 unspecified atom stereocenters. The molecule has 1 aromatic carbocycles. The molecule has 0 saturated carbocycles. The van der Waals surface area contributed by atoms with Crippen LogP contribution in [0.2, 0.25) is 5.02 Å². The van der Waals surface area contributed by atoms with Gasteiger partial charge in [0.25, 0.3) is 5.91 Å². The molecule has 0 aliphatic carbocycles. The van der Waals surface area contributed by atoms with Crippen LogP contribution in [0.4, 0.5) is 0 Å². The number of hydrogen-bond acceptors (Lipinski definition) is 4. The highest BCUT2D eigenvalue weighted by molar-refractivity contribution is 6.30. The van der Waals surface area contributed by atoms with Crippen LogP contribution in [0.3, 0.4) is 0 Å². The molecule has 0 radical (unpaired) electrons. The predicted octanol–water partition coefficient (Wildman–Crippen LogP) is 3.64. The molecule has 5 nitrogen and oxygen atoms in total. The zero-order chi connectivity index (χ0) is 16.7. The number of rotatable bonds is 7. The molecule has 6 heteroatoms. The summed E-state index contributed by atoms with van der Waals surface area (Å²) in [5, 5.41) is 9.31. The van der Waals surface area contributed by atoms with Crippen LogP contribution < -0.4 is 4.74 Å². The van der Waals surface area contributed by atoms with Crippen LogP contribution in [-0.4, -0.2) is 23.5 Å². The molecule has 1 amide bonds. The number of nitrogens with zero attached hydrogens (tertiary/aromatic N) is 2. The molecular formula is C17H17ClN2O3. The second-order valence-electron chi connectivity index (χ2n) is 4.96. The Hall–Kier alpha value is -2.45. The third kappa shape index (κ3) is 5.04. The molecule has 0 aliphatic heterocycles. The standard InChI is InChI=1S/C17H17ClN2O3/c1-13(23-15-6-2-5-14(18)11-15)17(21)20(9-4-8-19)12-16-7-3-10-22-16/h2-3,5-7,10-11,13H,4,9,12H2,1H3.